The first-order valence-electron chi connectivity index (χ1n) is 12.9. The molecule has 0 radical (unpaired) electrons. The predicted octanol–water partition coefficient (Wildman–Crippen LogP) is 6.04. The number of nitrogens with zero attached hydrogens (tertiary/aromatic N) is 1. The van der Waals surface area contributed by atoms with Gasteiger partial charge in [0.25, 0.3) is 0 Å². The number of halogens is 1. The normalized spacial score (nSPS) is 19.0. The number of ketones is 1. The van der Waals surface area contributed by atoms with Crippen LogP contribution in [0.3, 0.4) is 0 Å². The Bertz CT molecular complexity index is 1370. The number of carbonyl (C=O) groups is 2. The Morgan fingerprint density at radius 1 is 1.21 bits per heavy atom. The minimum Gasteiger partial charge on any atom is -0.490 e. The lowest BCUT2D eigenvalue weighted by atomic mass is 9.72. The van der Waals surface area contributed by atoms with Crippen LogP contribution in [-0.2, 0) is 11.4 Å². The average Bonchev–Trinajstić information content (AvgIpc) is 2.87. The molecule has 8 heteroatoms. The maximum absolute atomic E-state index is 13.4. The Hall–Kier alpha value is -3.57. The van der Waals surface area contributed by atoms with Gasteiger partial charge in [-0.15, -0.1) is 0 Å². The van der Waals surface area contributed by atoms with Crippen molar-refractivity contribution >= 4 is 27.6 Å². The zero-order valence-electron chi connectivity index (χ0n) is 21.9. The molecule has 0 saturated carbocycles. The second kappa shape index (κ2) is 11.9. The monoisotopic (exact) mass is 577 g/mol. The van der Waals surface area contributed by atoms with Crippen molar-refractivity contribution in [3.8, 4) is 17.6 Å². The van der Waals surface area contributed by atoms with Gasteiger partial charge in [-0.1, -0.05) is 25.5 Å². The minimum absolute atomic E-state index is 0.0891. The first-order chi connectivity index (χ1) is 18.3. The third-order valence-corrected chi connectivity index (χ3v) is 7.58. The lowest BCUT2D eigenvalue weighted by Gasteiger charge is -2.35. The van der Waals surface area contributed by atoms with E-state index in [1.165, 1.54) is 0 Å². The number of primary amides is 1. The first-order valence-corrected chi connectivity index (χ1v) is 13.7. The second-order valence-corrected chi connectivity index (χ2v) is 10.6. The molecule has 0 aromatic heterocycles. The van der Waals surface area contributed by atoms with Crippen molar-refractivity contribution in [1.29, 1.82) is 5.26 Å². The van der Waals surface area contributed by atoms with Crippen molar-refractivity contribution in [3.05, 3.63) is 80.1 Å². The van der Waals surface area contributed by atoms with Crippen LogP contribution in [0.2, 0.25) is 0 Å². The maximum Gasteiger partial charge on any atom is 0.248 e. The van der Waals surface area contributed by atoms with E-state index in [9.17, 15) is 14.9 Å². The molecule has 1 aliphatic carbocycles. The van der Waals surface area contributed by atoms with Gasteiger partial charge in [-0.05, 0) is 83.9 Å². The summed E-state index contributed by atoms with van der Waals surface area (Å²) in [6.45, 7) is 6.51. The molecule has 198 valence electrons. The van der Waals surface area contributed by atoms with Crippen LogP contribution in [0.4, 0.5) is 0 Å². The van der Waals surface area contributed by atoms with Crippen LogP contribution in [0.25, 0.3) is 0 Å². The van der Waals surface area contributed by atoms with Crippen LogP contribution < -0.4 is 20.5 Å². The van der Waals surface area contributed by atoms with Gasteiger partial charge < -0.3 is 20.5 Å². The molecule has 7 nitrogen and oxygen atoms in total. The van der Waals surface area contributed by atoms with Gasteiger partial charge in [0.05, 0.1) is 28.6 Å². The summed E-state index contributed by atoms with van der Waals surface area (Å²) >= 11 is 3.64. The topological polar surface area (TPSA) is 114 Å². The Morgan fingerprint density at radius 2 is 2.00 bits per heavy atom. The molecule has 0 bridgehead atoms. The standard InChI is InChI=1S/C30H32BrN3O4/c1-4-7-18-11-24-28(25(35)12-18)27(22(15-32)17(3)34-24)21-13-23(31)29(26(14-21)37-5-2)38-16-19-8-6-9-20(10-19)30(33)36/h6,8-10,13-14,18,27,34H,4-5,7,11-12,16H2,1-3H3,(H2,33,36). The molecule has 0 spiro atoms. The van der Waals surface area contributed by atoms with Crippen molar-refractivity contribution in [2.75, 3.05) is 6.61 Å². The van der Waals surface area contributed by atoms with Gasteiger partial charge in [0.2, 0.25) is 5.91 Å². The summed E-state index contributed by atoms with van der Waals surface area (Å²) < 4.78 is 12.7. The Morgan fingerprint density at radius 3 is 2.68 bits per heavy atom. The molecule has 2 aromatic rings. The Balaban J connectivity index is 1.73. The fourth-order valence-corrected chi connectivity index (χ4v) is 5.92. The highest BCUT2D eigenvalue weighted by Crippen LogP contribution is 2.47. The van der Waals surface area contributed by atoms with E-state index < -0.39 is 11.8 Å². The van der Waals surface area contributed by atoms with Gasteiger partial charge in [0.1, 0.15) is 6.61 Å². The lowest BCUT2D eigenvalue weighted by Crippen LogP contribution is -2.34. The van der Waals surface area contributed by atoms with Gasteiger partial charge in [0, 0.05) is 29.0 Å². The van der Waals surface area contributed by atoms with Gasteiger partial charge in [-0.25, -0.2) is 0 Å². The van der Waals surface area contributed by atoms with E-state index >= 15 is 0 Å². The molecular formula is C30H32BrN3O4. The summed E-state index contributed by atoms with van der Waals surface area (Å²) in [6, 6.07) is 13.1. The van der Waals surface area contributed by atoms with E-state index in [0.29, 0.717) is 51.6 Å². The van der Waals surface area contributed by atoms with Crippen molar-refractivity contribution in [1.82, 2.24) is 5.32 Å². The minimum atomic E-state index is -0.502. The number of carbonyl (C=O) groups excluding carboxylic acids is 2. The fourth-order valence-electron chi connectivity index (χ4n) is 5.34. The number of nitriles is 1. The third-order valence-electron chi connectivity index (χ3n) is 6.99. The quantitative estimate of drug-likeness (QED) is 0.375. The zero-order chi connectivity index (χ0) is 27.4. The highest BCUT2D eigenvalue weighted by atomic mass is 79.9. The summed E-state index contributed by atoms with van der Waals surface area (Å²) in [5, 5.41) is 13.5. The van der Waals surface area contributed by atoms with Crippen LogP contribution >= 0.6 is 15.9 Å². The number of hydrogen-bond acceptors (Lipinski definition) is 6. The number of amides is 1. The molecular weight excluding hydrogens is 546 g/mol. The van der Waals surface area contributed by atoms with Crippen LogP contribution in [0.5, 0.6) is 11.5 Å². The summed E-state index contributed by atoms with van der Waals surface area (Å²) in [6.07, 6.45) is 3.32. The van der Waals surface area contributed by atoms with E-state index in [4.69, 9.17) is 15.2 Å². The van der Waals surface area contributed by atoms with Crippen LogP contribution in [-0.4, -0.2) is 18.3 Å². The number of benzene rings is 2. The molecule has 2 aliphatic rings. The molecule has 0 saturated heterocycles. The predicted molar refractivity (Wildman–Crippen MR) is 148 cm³/mol. The van der Waals surface area contributed by atoms with Crippen LogP contribution in [0.15, 0.2) is 63.4 Å². The van der Waals surface area contributed by atoms with Crippen molar-refractivity contribution in [2.45, 2.75) is 59.0 Å². The Kier molecular flexibility index (Phi) is 8.58. The highest BCUT2D eigenvalue weighted by molar-refractivity contribution is 9.10. The molecule has 3 N–H and O–H groups in total. The van der Waals surface area contributed by atoms with Crippen molar-refractivity contribution < 1.29 is 19.1 Å². The van der Waals surface area contributed by atoms with Crippen molar-refractivity contribution in [2.24, 2.45) is 11.7 Å². The molecule has 2 unspecified atom stereocenters. The summed E-state index contributed by atoms with van der Waals surface area (Å²) in [7, 11) is 0. The molecule has 1 amide bonds. The molecule has 4 rings (SSSR count). The van der Waals surface area contributed by atoms with E-state index in [-0.39, 0.29) is 12.4 Å². The number of nitrogens with one attached hydrogen (secondary N) is 1. The largest absolute Gasteiger partial charge is 0.490 e. The molecule has 1 aliphatic heterocycles. The zero-order valence-corrected chi connectivity index (χ0v) is 23.5. The molecule has 38 heavy (non-hydrogen) atoms. The second-order valence-electron chi connectivity index (χ2n) is 9.70. The number of rotatable bonds is 9. The molecule has 2 aromatic carbocycles. The van der Waals surface area contributed by atoms with Gasteiger partial charge in [-0.3, -0.25) is 9.59 Å². The van der Waals surface area contributed by atoms with Crippen LogP contribution in [0, 0.1) is 17.2 Å². The van der Waals surface area contributed by atoms with Gasteiger partial charge >= 0.3 is 0 Å². The molecule has 0 fully saturated rings. The lowest BCUT2D eigenvalue weighted by molar-refractivity contribution is -0.117. The number of nitrogens with two attached hydrogens (primary N) is 1. The van der Waals surface area contributed by atoms with Gasteiger partial charge in [-0.2, -0.15) is 5.26 Å². The summed E-state index contributed by atoms with van der Waals surface area (Å²) in [5.41, 5.74) is 10.3. The summed E-state index contributed by atoms with van der Waals surface area (Å²) in [5.74, 6) is 0.420. The van der Waals surface area contributed by atoms with E-state index in [1.807, 2.05) is 32.0 Å². The molecule has 1 heterocycles. The summed E-state index contributed by atoms with van der Waals surface area (Å²) in [4.78, 5) is 25.0. The van der Waals surface area contributed by atoms with Crippen LogP contribution in [0.1, 0.15) is 73.9 Å². The Labute approximate surface area is 231 Å². The van der Waals surface area contributed by atoms with E-state index in [1.54, 1.807) is 18.2 Å². The number of dihydropyridines is 1. The van der Waals surface area contributed by atoms with E-state index in [0.717, 1.165) is 41.8 Å². The highest BCUT2D eigenvalue weighted by Gasteiger charge is 2.39. The van der Waals surface area contributed by atoms with Gasteiger partial charge in [0.15, 0.2) is 17.3 Å². The first kappa shape index (κ1) is 27.5. The third kappa shape index (κ3) is 5.63. The molecule has 2 atom stereocenters. The average molecular weight is 579 g/mol. The number of Topliss-reactive ketones (excluding diaryl/α,β-unsaturated/α-hetero) is 1. The fraction of sp³-hybridized carbons (Fsp3) is 0.367. The number of hydrogen-bond donors (Lipinski definition) is 2. The SMILES string of the molecule is CCCC1CC(=O)C2=C(C1)NC(C)=C(C#N)C2c1cc(Br)c(OCc2cccc(C(N)=O)c2)c(OCC)c1. The van der Waals surface area contributed by atoms with E-state index in [2.05, 4.69) is 34.2 Å². The van der Waals surface area contributed by atoms with Crippen molar-refractivity contribution in [3.63, 3.8) is 0 Å². The maximum atomic E-state index is 13.4. The smallest absolute Gasteiger partial charge is 0.248 e. The number of ether oxygens (including phenoxy) is 2. The number of allylic oxidation sites excluding steroid dienone is 4.